The zero-order chi connectivity index (χ0) is 12.1. The van der Waals surface area contributed by atoms with Crippen molar-refractivity contribution in [2.45, 2.75) is 50.7 Å². The standard InChI is InChI=1S/C12H20N4O/c13-10-4-1-2-5-11(10)15-12(17)6-9-16-8-3-7-14-16/h3,7-8,10-11H,1-2,4-6,9,13H2,(H,15,17)/t10-,11-/m1/s1. The molecule has 0 saturated heterocycles. The van der Waals surface area contributed by atoms with E-state index >= 15 is 0 Å². The average Bonchev–Trinajstić information content (AvgIpc) is 2.82. The first-order valence-electron chi connectivity index (χ1n) is 6.28. The fourth-order valence-electron chi connectivity index (χ4n) is 2.27. The van der Waals surface area contributed by atoms with Crippen molar-refractivity contribution < 1.29 is 4.79 Å². The van der Waals surface area contributed by atoms with Gasteiger partial charge in [-0.2, -0.15) is 5.10 Å². The van der Waals surface area contributed by atoms with Crippen LogP contribution in [0.1, 0.15) is 32.1 Å². The Morgan fingerprint density at radius 3 is 3.00 bits per heavy atom. The topological polar surface area (TPSA) is 72.9 Å². The number of nitrogens with zero attached hydrogens (tertiary/aromatic N) is 2. The number of amides is 1. The van der Waals surface area contributed by atoms with Crippen molar-refractivity contribution in [2.75, 3.05) is 0 Å². The molecule has 1 fully saturated rings. The first-order chi connectivity index (χ1) is 8.25. The van der Waals surface area contributed by atoms with Crippen LogP contribution in [0.2, 0.25) is 0 Å². The van der Waals surface area contributed by atoms with Crippen LogP contribution in [0.3, 0.4) is 0 Å². The fourth-order valence-corrected chi connectivity index (χ4v) is 2.27. The molecule has 1 aliphatic carbocycles. The highest BCUT2D eigenvalue weighted by Crippen LogP contribution is 2.16. The first kappa shape index (κ1) is 12.1. The van der Waals surface area contributed by atoms with Gasteiger partial charge in [0.15, 0.2) is 0 Å². The van der Waals surface area contributed by atoms with Crippen LogP contribution in [0.25, 0.3) is 0 Å². The molecule has 17 heavy (non-hydrogen) atoms. The summed E-state index contributed by atoms with van der Waals surface area (Å²) in [6, 6.07) is 2.14. The third-order valence-corrected chi connectivity index (χ3v) is 3.29. The summed E-state index contributed by atoms with van der Waals surface area (Å²) in [6.07, 6.45) is 8.41. The van der Waals surface area contributed by atoms with Gasteiger partial charge in [-0.1, -0.05) is 12.8 Å². The largest absolute Gasteiger partial charge is 0.352 e. The van der Waals surface area contributed by atoms with E-state index in [9.17, 15) is 4.79 Å². The van der Waals surface area contributed by atoms with Crippen LogP contribution in [0, 0.1) is 0 Å². The van der Waals surface area contributed by atoms with Gasteiger partial charge in [0.1, 0.15) is 0 Å². The SMILES string of the molecule is N[C@@H]1CCCC[C@H]1NC(=O)CCn1cccn1. The van der Waals surface area contributed by atoms with Crippen molar-refractivity contribution in [2.24, 2.45) is 5.73 Å². The predicted octanol–water partition coefficient (Wildman–Crippen LogP) is 0.659. The van der Waals surface area contributed by atoms with E-state index in [-0.39, 0.29) is 18.0 Å². The second kappa shape index (κ2) is 5.82. The van der Waals surface area contributed by atoms with Gasteiger partial charge in [-0.3, -0.25) is 9.48 Å². The lowest BCUT2D eigenvalue weighted by Gasteiger charge is -2.29. The summed E-state index contributed by atoms with van der Waals surface area (Å²) in [7, 11) is 0. The van der Waals surface area contributed by atoms with E-state index < -0.39 is 0 Å². The molecule has 0 radical (unpaired) electrons. The van der Waals surface area contributed by atoms with Crippen molar-refractivity contribution in [3.8, 4) is 0 Å². The van der Waals surface area contributed by atoms with E-state index in [0.29, 0.717) is 13.0 Å². The Bertz CT molecular complexity index is 349. The maximum atomic E-state index is 11.7. The van der Waals surface area contributed by atoms with Gasteiger partial charge >= 0.3 is 0 Å². The molecule has 1 heterocycles. The monoisotopic (exact) mass is 236 g/mol. The third kappa shape index (κ3) is 3.56. The molecule has 0 aromatic carbocycles. The van der Waals surface area contributed by atoms with E-state index in [2.05, 4.69) is 10.4 Å². The van der Waals surface area contributed by atoms with E-state index in [0.717, 1.165) is 19.3 Å². The van der Waals surface area contributed by atoms with Crippen LogP contribution in [-0.4, -0.2) is 27.8 Å². The lowest BCUT2D eigenvalue weighted by atomic mass is 9.91. The van der Waals surface area contributed by atoms with Crippen LogP contribution in [0.4, 0.5) is 0 Å². The molecular weight excluding hydrogens is 216 g/mol. The summed E-state index contributed by atoms with van der Waals surface area (Å²) in [5, 5.41) is 7.09. The Morgan fingerprint density at radius 2 is 2.29 bits per heavy atom. The lowest BCUT2D eigenvalue weighted by molar-refractivity contribution is -0.122. The minimum Gasteiger partial charge on any atom is -0.352 e. The number of nitrogens with one attached hydrogen (secondary N) is 1. The summed E-state index contributed by atoms with van der Waals surface area (Å²) in [5.41, 5.74) is 5.99. The van der Waals surface area contributed by atoms with Crippen molar-refractivity contribution in [1.29, 1.82) is 0 Å². The van der Waals surface area contributed by atoms with Gasteiger partial charge in [-0.15, -0.1) is 0 Å². The Kier molecular flexibility index (Phi) is 4.14. The summed E-state index contributed by atoms with van der Waals surface area (Å²) >= 11 is 0. The quantitative estimate of drug-likeness (QED) is 0.806. The first-order valence-corrected chi connectivity index (χ1v) is 6.28. The maximum absolute atomic E-state index is 11.7. The molecule has 1 aliphatic rings. The number of carbonyl (C=O) groups is 1. The Hall–Kier alpha value is -1.36. The summed E-state index contributed by atoms with van der Waals surface area (Å²) < 4.78 is 1.76. The third-order valence-electron chi connectivity index (χ3n) is 3.29. The van der Waals surface area contributed by atoms with Gasteiger partial charge in [0.25, 0.3) is 0 Å². The normalized spacial score (nSPS) is 24.5. The minimum absolute atomic E-state index is 0.0721. The fraction of sp³-hybridized carbons (Fsp3) is 0.667. The summed E-state index contributed by atoms with van der Waals surface area (Å²) in [4.78, 5) is 11.7. The van der Waals surface area contributed by atoms with Gasteiger partial charge in [0, 0.05) is 37.4 Å². The van der Waals surface area contributed by atoms with Crippen LogP contribution < -0.4 is 11.1 Å². The van der Waals surface area contributed by atoms with Crippen molar-refractivity contribution in [3.63, 3.8) is 0 Å². The molecule has 5 heteroatoms. The predicted molar refractivity (Wildman–Crippen MR) is 65.2 cm³/mol. The molecule has 1 amide bonds. The van der Waals surface area contributed by atoms with E-state index in [4.69, 9.17) is 5.73 Å². The molecule has 94 valence electrons. The number of rotatable bonds is 4. The van der Waals surface area contributed by atoms with Crippen LogP contribution in [0.15, 0.2) is 18.5 Å². The lowest BCUT2D eigenvalue weighted by Crippen LogP contribution is -2.49. The molecule has 3 N–H and O–H groups in total. The second-order valence-electron chi connectivity index (χ2n) is 4.64. The number of aromatic nitrogens is 2. The zero-order valence-corrected chi connectivity index (χ0v) is 10.0. The molecular formula is C12H20N4O. The molecule has 0 bridgehead atoms. The van der Waals surface area contributed by atoms with E-state index in [1.807, 2.05) is 12.3 Å². The molecule has 0 aliphatic heterocycles. The highest BCUT2D eigenvalue weighted by atomic mass is 16.1. The van der Waals surface area contributed by atoms with Gasteiger partial charge < -0.3 is 11.1 Å². The molecule has 1 aromatic heterocycles. The average molecular weight is 236 g/mol. The minimum atomic E-state index is 0.0721. The number of aryl methyl sites for hydroxylation is 1. The van der Waals surface area contributed by atoms with Gasteiger partial charge in [0.2, 0.25) is 5.91 Å². The molecule has 0 spiro atoms. The molecule has 5 nitrogen and oxygen atoms in total. The smallest absolute Gasteiger partial charge is 0.222 e. The molecule has 1 aromatic rings. The molecule has 1 saturated carbocycles. The molecule has 2 atom stereocenters. The number of hydrogen-bond acceptors (Lipinski definition) is 3. The maximum Gasteiger partial charge on any atom is 0.222 e. The Labute approximate surface area is 101 Å². The van der Waals surface area contributed by atoms with E-state index in [1.54, 1.807) is 10.9 Å². The van der Waals surface area contributed by atoms with Crippen molar-refractivity contribution in [3.05, 3.63) is 18.5 Å². The van der Waals surface area contributed by atoms with Crippen LogP contribution in [-0.2, 0) is 11.3 Å². The summed E-state index contributed by atoms with van der Waals surface area (Å²) in [6.45, 7) is 0.626. The second-order valence-corrected chi connectivity index (χ2v) is 4.64. The van der Waals surface area contributed by atoms with Gasteiger partial charge in [-0.05, 0) is 18.9 Å². The summed E-state index contributed by atoms with van der Waals surface area (Å²) in [5.74, 6) is 0.0721. The zero-order valence-electron chi connectivity index (χ0n) is 10.0. The Morgan fingerprint density at radius 1 is 1.47 bits per heavy atom. The van der Waals surface area contributed by atoms with Crippen LogP contribution in [0.5, 0.6) is 0 Å². The number of nitrogens with two attached hydrogens (primary N) is 1. The number of hydrogen-bond donors (Lipinski definition) is 2. The van der Waals surface area contributed by atoms with Crippen LogP contribution >= 0.6 is 0 Å². The highest BCUT2D eigenvalue weighted by molar-refractivity contribution is 5.76. The van der Waals surface area contributed by atoms with E-state index in [1.165, 1.54) is 6.42 Å². The molecule has 0 unspecified atom stereocenters. The van der Waals surface area contributed by atoms with Crippen molar-refractivity contribution >= 4 is 5.91 Å². The van der Waals surface area contributed by atoms with Gasteiger partial charge in [-0.25, -0.2) is 0 Å². The number of carbonyl (C=O) groups excluding carboxylic acids is 1. The van der Waals surface area contributed by atoms with Gasteiger partial charge in [0.05, 0.1) is 0 Å². The Balaban J connectivity index is 1.73. The molecule has 2 rings (SSSR count). The van der Waals surface area contributed by atoms with Crippen molar-refractivity contribution in [1.82, 2.24) is 15.1 Å². The highest BCUT2D eigenvalue weighted by Gasteiger charge is 2.22.